The molecule has 0 spiro atoms. The minimum Gasteiger partial charge on any atom is -0.450 e. The van der Waals surface area contributed by atoms with E-state index in [9.17, 15) is 0 Å². The van der Waals surface area contributed by atoms with Gasteiger partial charge >= 0.3 is 6.16 Å². The molecule has 2 atom stereocenters. The Morgan fingerprint density at radius 1 is 1.58 bits per heavy atom. The zero-order valence-corrected chi connectivity index (χ0v) is 11.3. The summed E-state index contributed by atoms with van der Waals surface area (Å²) in [5, 5.41) is 13.9. The third kappa shape index (κ3) is 5.74. The van der Waals surface area contributed by atoms with E-state index in [1.165, 1.54) is 25.0 Å². The van der Waals surface area contributed by atoms with E-state index in [0.717, 1.165) is 31.3 Å². The van der Waals surface area contributed by atoms with Crippen LogP contribution in [0.5, 0.6) is 0 Å². The monoisotopic (exact) mass is 269 g/mol. The van der Waals surface area contributed by atoms with Gasteiger partial charge in [0.1, 0.15) is 0 Å². The summed E-state index contributed by atoms with van der Waals surface area (Å²) < 4.78 is 2.20. The molecule has 1 fully saturated rings. The number of aryl methyl sites for hydroxylation is 1. The van der Waals surface area contributed by atoms with Crippen LogP contribution in [0.2, 0.25) is 0 Å². The zero-order valence-electron chi connectivity index (χ0n) is 11.3. The van der Waals surface area contributed by atoms with Gasteiger partial charge in [0.25, 0.3) is 0 Å². The summed E-state index contributed by atoms with van der Waals surface area (Å²) in [5.74, 6) is 1.59. The Labute approximate surface area is 113 Å². The van der Waals surface area contributed by atoms with Crippen LogP contribution in [-0.4, -0.2) is 32.5 Å². The maximum Gasteiger partial charge on any atom is 0.503 e. The van der Waals surface area contributed by atoms with E-state index in [2.05, 4.69) is 22.7 Å². The molecule has 0 saturated heterocycles. The summed E-state index contributed by atoms with van der Waals surface area (Å²) in [6, 6.07) is 0. The molecule has 6 nitrogen and oxygen atoms in total. The number of rotatable bonds is 6. The molecule has 0 bridgehead atoms. The van der Waals surface area contributed by atoms with Gasteiger partial charge in [0.15, 0.2) is 0 Å². The van der Waals surface area contributed by atoms with E-state index in [4.69, 9.17) is 20.7 Å². The third-order valence-electron chi connectivity index (χ3n) is 3.22. The van der Waals surface area contributed by atoms with Crippen molar-refractivity contribution in [3.63, 3.8) is 0 Å². The normalized spacial score (nSPS) is 20.5. The van der Waals surface area contributed by atoms with Gasteiger partial charge in [-0.3, -0.25) is 0 Å². The smallest absolute Gasteiger partial charge is 0.450 e. The lowest BCUT2D eigenvalue weighted by atomic mass is 10.1. The van der Waals surface area contributed by atoms with Gasteiger partial charge in [-0.05, 0) is 38.1 Å². The lowest BCUT2D eigenvalue weighted by molar-refractivity contribution is 0.137. The molecular formula is C13H23N3O3. The topological polar surface area (TPSA) is 101 Å². The number of carboxylic acid groups (broad SMARTS) is 2. The van der Waals surface area contributed by atoms with Gasteiger partial charge in [-0.1, -0.05) is 6.92 Å². The maximum atomic E-state index is 8.56. The highest BCUT2D eigenvalue weighted by molar-refractivity contribution is 5.53. The summed E-state index contributed by atoms with van der Waals surface area (Å²) in [6.07, 6.45) is 7.30. The van der Waals surface area contributed by atoms with Crippen LogP contribution in [0.1, 0.15) is 44.2 Å². The first-order chi connectivity index (χ1) is 9.08. The fourth-order valence-electron chi connectivity index (χ4n) is 2.26. The van der Waals surface area contributed by atoms with Crippen molar-refractivity contribution in [2.24, 2.45) is 11.7 Å². The van der Waals surface area contributed by atoms with Crippen molar-refractivity contribution in [3.05, 3.63) is 18.2 Å². The van der Waals surface area contributed by atoms with Gasteiger partial charge in [-0.15, -0.1) is 0 Å². The number of carbonyl (C=O) groups is 1. The van der Waals surface area contributed by atoms with Gasteiger partial charge in [-0.25, -0.2) is 9.78 Å². The Morgan fingerprint density at radius 3 is 2.84 bits per heavy atom. The van der Waals surface area contributed by atoms with Crippen LogP contribution in [-0.2, 0) is 6.54 Å². The minimum absolute atomic E-state index is 0.731. The average Bonchev–Trinajstić information content (AvgIpc) is 2.97. The Morgan fingerprint density at radius 2 is 2.26 bits per heavy atom. The quantitative estimate of drug-likeness (QED) is 0.735. The van der Waals surface area contributed by atoms with E-state index in [0.29, 0.717) is 0 Å². The van der Waals surface area contributed by atoms with Crippen LogP contribution in [0, 0.1) is 5.92 Å². The van der Waals surface area contributed by atoms with E-state index >= 15 is 0 Å². The number of hydrogen-bond donors (Lipinski definition) is 3. The van der Waals surface area contributed by atoms with Crippen molar-refractivity contribution in [2.75, 3.05) is 6.54 Å². The summed E-state index contributed by atoms with van der Waals surface area (Å²) in [6.45, 7) is 4.11. The number of hydrogen-bond acceptors (Lipinski definition) is 3. The van der Waals surface area contributed by atoms with E-state index in [-0.39, 0.29) is 0 Å². The number of imidazole rings is 1. The predicted molar refractivity (Wildman–Crippen MR) is 72.3 cm³/mol. The fourth-order valence-corrected chi connectivity index (χ4v) is 2.26. The van der Waals surface area contributed by atoms with Crippen LogP contribution in [0.3, 0.4) is 0 Å². The molecule has 2 unspecified atom stereocenters. The Balaban J connectivity index is 0.000000399. The van der Waals surface area contributed by atoms with Gasteiger partial charge in [0.2, 0.25) is 0 Å². The molecule has 1 aliphatic carbocycles. The molecule has 108 valence electrons. The van der Waals surface area contributed by atoms with Crippen molar-refractivity contribution in [2.45, 2.75) is 45.1 Å². The number of aromatic nitrogens is 2. The van der Waals surface area contributed by atoms with Crippen molar-refractivity contribution in [3.8, 4) is 0 Å². The minimum atomic E-state index is -1.83. The first-order valence-electron chi connectivity index (χ1n) is 6.72. The SMILES string of the molecule is CCCn1cnc(C2CC2CCCN)c1.O=C(O)O. The van der Waals surface area contributed by atoms with Gasteiger partial charge in [-0.2, -0.15) is 0 Å². The van der Waals surface area contributed by atoms with E-state index < -0.39 is 6.16 Å². The second-order valence-corrected chi connectivity index (χ2v) is 4.85. The first-order valence-corrected chi connectivity index (χ1v) is 6.72. The molecule has 1 aromatic rings. The Bertz CT molecular complexity index is 388. The van der Waals surface area contributed by atoms with Crippen LogP contribution in [0.4, 0.5) is 4.79 Å². The van der Waals surface area contributed by atoms with Crippen LogP contribution in [0.15, 0.2) is 12.5 Å². The second kappa shape index (κ2) is 7.78. The molecule has 1 aromatic heterocycles. The summed E-state index contributed by atoms with van der Waals surface area (Å²) in [5.41, 5.74) is 6.81. The van der Waals surface area contributed by atoms with Gasteiger partial charge < -0.3 is 20.5 Å². The molecule has 0 aromatic carbocycles. The largest absolute Gasteiger partial charge is 0.503 e. The number of nitrogens with zero attached hydrogens (tertiary/aromatic N) is 2. The highest BCUT2D eigenvalue weighted by Crippen LogP contribution is 2.49. The Kier molecular flexibility index (Phi) is 6.35. The lowest BCUT2D eigenvalue weighted by Gasteiger charge is -1.96. The van der Waals surface area contributed by atoms with Crippen molar-refractivity contribution in [1.29, 1.82) is 0 Å². The number of nitrogens with two attached hydrogens (primary N) is 1. The predicted octanol–water partition coefficient (Wildman–Crippen LogP) is 2.36. The molecule has 0 aliphatic heterocycles. The van der Waals surface area contributed by atoms with Crippen molar-refractivity contribution in [1.82, 2.24) is 9.55 Å². The van der Waals surface area contributed by atoms with Crippen molar-refractivity contribution >= 4 is 6.16 Å². The van der Waals surface area contributed by atoms with Crippen molar-refractivity contribution < 1.29 is 15.0 Å². The van der Waals surface area contributed by atoms with E-state index in [1.54, 1.807) is 0 Å². The van der Waals surface area contributed by atoms with Crippen LogP contribution < -0.4 is 5.73 Å². The second-order valence-electron chi connectivity index (χ2n) is 4.85. The molecule has 19 heavy (non-hydrogen) atoms. The zero-order chi connectivity index (χ0) is 14.3. The standard InChI is InChI=1S/C12H21N3.CH2O3/c1-2-6-15-8-12(14-9-15)11-7-10(11)4-3-5-13;2-1(3)4/h8-11H,2-7,13H2,1H3;(H2,2,3,4). The van der Waals surface area contributed by atoms with Gasteiger partial charge in [0, 0.05) is 18.7 Å². The maximum absolute atomic E-state index is 8.56. The third-order valence-corrected chi connectivity index (χ3v) is 3.22. The Hall–Kier alpha value is -1.56. The highest BCUT2D eigenvalue weighted by atomic mass is 16.6. The molecule has 0 radical (unpaired) electrons. The first kappa shape index (κ1) is 15.5. The molecule has 6 heteroatoms. The molecule has 2 rings (SSSR count). The summed E-state index contributed by atoms with van der Waals surface area (Å²) >= 11 is 0. The molecule has 0 amide bonds. The van der Waals surface area contributed by atoms with Crippen LogP contribution in [0.25, 0.3) is 0 Å². The summed E-state index contributed by atoms with van der Waals surface area (Å²) in [7, 11) is 0. The average molecular weight is 269 g/mol. The van der Waals surface area contributed by atoms with Crippen LogP contribution >= 0.6 is 0 Å². The molecule has 1 heterocycles. The van der Waals surface area contributed by atoms with E-state index in [1.807, 2.05) is 6.33 Å². The molecular weight excluding hydrogens is 246 g/mol. The van der Waals surface area contributed by atoms with Gasteiger partial charge in [0.05, 0.1) is 12.0 Å². The molecule has 1 aliphatic rings. The fraction of sp³-hybridized carbons (Fsp3) is 0.692. The lowest BCUT2D eigenvalue weighted by Crippen LogP contribution is -1.98. The highest BCUT2D eigenvalue weighted by Gasteiger charge is 2.38. The molecule has 1 saturated carbocycles. The molecule has 4 N–H and O–H groups in total. The summed E-state index contributed by atoms with van der Waals surface area (Å²) in [4.78, 5) is 13.0.